The zero-order chi connectivity index (χ0) is 14.9. The van der Waals surface area contributed by atoms with Gasteiger partial charge in [0.1, 0.15) is 5.69 Å². The van der Waals surface area contributed by atoms with Gasteiger partial charge in [0.2, 0.25) is 5.82 Å². The van der Waals surface area contributed by atoms with Crippen LogP contribution in [0.25, 0.3) is 0 Å². The van der Waals surface area contributed by atoms with E-state index in [0.29, 0.717) is 18.2 Å². The quantitative estimate of drug-likeness (QED) is 0.686. The number of hydrogen-bond donors (Lipinski definition) is 1. The number of nitro groups is 1. The van der Waals surface area contributed by atoms with Crippen LogP contribution in [-0.2, 0) is 6.54 Å². The molecule has 0 atom stereocenters. The van der Waals surface area contributed by atoms with Crippen molar-refractivity contribution >= 4 is 11.5 Å². The average molecular weight is 274 g/mol. The summed E-state index contributed by atoms with van der Waals surface area (Å²) in [4.78, 5) is 10.4. The standard InChI is InChI=1S/C14H18N4O2/c1-9(2)12-6-4-11(5-7-12)8-17-14(15)13(18(19)20)10(3)16-17/h4-7,9H,8,15H2,1-3H3. The van der Waals surface area contributed by atoms with Crippen molar-refractivity contribution in [1.82, 2.24) is 9.78 Å². The maximum atomic E-state index is 10.9. The molecule has 0 radical (unpaired) electrons. The van der Waals surface area contributed by atoms with Gasteiger partial charge >= 0.3 is 5.69 Å². The van der Waals surface area contributed by atoms with Crippen LogP contribution in [-0.4, -0.2) is 14.7 Å². The van der Waals surface area contributed by atoms with Crippen LogP contribution in [0, 0.1) is 17.0 Å². The van der Waals surface area contributed by atoms with Crippen LogP contribution in [0.15, 0.2) is 24.3 Å². The SMILES string of the molecule is Cc1nn(Cc2ccc(C(C)C)cc2)c(N)c1[N+](=O)[O-]. The summed E-state index contributed by atoms with van der Waals surface area (Å²) >= 11 is 0. The first-order valence-electron chi connectivity index (χ1n) is 6.46. The molecule has 106 valence electrons. The highest BCUT2D eigenvalue weighted by Crippen LogP contribution is 2.25. The second-order valence-electron chi connectivity index (χ2n) is 5.13. The predicted octanol–water partition coefficient (Wildman–Crippen LogP) is 2.85. The van der Waals surface area contributed by atoms with Crippen LogP contribution in [0.3, 0.4) is 0 Å². The Labute approximate surface area is 117 Å². The van der Waals surface area contributed by atoms with E-state index in [-0.39, 0.29) is 11.5 Å². The zero-order valence-electron chi connectivity index (χ0n) is 11.8. The molecule has 0 aliphatic rings. The number of nitrogen functional groups attached to an aromatic ring is 1. The Hall–Kier alpha value is -2.37. The Morgan fingerprint density at radius 3 is 2.40 bits per heavy atom. The minimum absolute atomic E-state index is 0.0976. The summed E-state index contributed by atoms with van der Waals surface area (Å²) in [6.07, 6.45) is 0. The molecule has 0 unspecified atom stereocenters. The van der Waals surface area contributed by atoms with Crippen molar-refractivity contribution < 1.29 is 4.92 Å². The van der Waals surface area contributed by atoms with E-state index in [1.54, 1.807) is 6.92 Å². The molecule has 0 aliphatic heterocycles. The van der Waals surface area contributed by atoms with E-state index < -0.39 is 4.92 Å². The van der Waals surface area contributed by atoms with Crippen molar-refractivity contribution in [2.24, 2.45) is 0 Å². The van der Waals surface area contributed by atoms with E-state index in [0.717, 1.165) is 5.56 Å². The van der Waals surface area contributed by atoms with E-state index in [1.165, 1.54) is 10.2 Å². The third kappa shape index (κ3) is 2.64. The normalized spacial score (nSPS) is 11.0. The van der Waals surface area contributed by atoms with Gasteiger partial charge in [0.05, 0.1) is 11.5 Å². The predicted molar refractivity (Wildman–Crippen MR) is 77.7 cm³/mol. The Bertz CT molecular complexity index is 629. The molecule has 0 saturated heterocycles. The van der Waals surface area contributed by atoms with Gasteiger partial charge in [-0.15, -0.1) is 0 Å². The number of hydrogen-bond acceptors (Lipinski definition) is 4. The Balaban J connectivity index is 2.26. The highest BCUT2D eigenvalue weighted by atomic mass is 16.6. The molecule has 0 spiro atoms. The molecule has 6 heteroatoms. The van der Waals surface area contributed by atoms with Crippen LogP contribution in [0.2, 0.25) is 0 Å². The molecular formula is C14H18N4O2. The summed E-state index contributed by atoms with van der Waals surface area (Å²) in [5.41, 5.74) is 8.29. The minimum atomic E-state index is -0.490. The Kier molecular flexibility index (Phi) is 3.74. The van der Waals surface area contributed by atoms with Crippen LogP contribution in [0.4, 0.5) is 11.5 Å². The first-order chi connectivity index (χ1) is 9.40. The lowest BCUT2D eigenvalue weighted by Gasteiger charge is -2.07. The molecule has 2 N–H and O–H groups in total. The molecule has 0 aliphatic carbocycles. The van der Waals surface area contributed by atoms with Crippen LogP contribution in [0.1, 0.15) is 36.6 Å². The van der Waals surface area contributed by atoms with Gasteiger partial charge in [-0.05, 0) is 24.0 Å². The third-order valence-corrected chi connectivity index (χ3v) is 3.30. The van der Waals surface area contributed by atoms with Crippen molar-refractivity contribution in [2.75, 3.05) is 5.73 Å². The summed E-state index contributed by atoms with van der Waals surface area (Å²) in [5, 5.41) is 15.0. The van der Waals surface area contributed by atoms with Crippen molar-refractivity contribution in [3.63, 3.8) is 0 Å². The Morgan fingerprint density at radius 2 is 1.95 bits per heavy atom. The van der Waals surface area contributed by atoms with Crippen LogP contribution < -0.4 is 5.73 Å². The van der Waals surface area contributed by atoms with Gasteiger partial charge in [-0.3, -0.25) is 10.1 Å². The van der Waals surface area contributed by atoms with Crippen molar-refractivity contribution in [1.29, 1.82) is 0 Å². The van der Waals surface area contributed by atoms with Gasteiger partial charge in [-0.2, -0.15) is 5.10 Å². The fourth-order valence-electron chi connectivity index (χ4n) is 2.12. The molecule has 1 heterocycles. The number of nitrogens with two attached hydrogens (primary N) is 1. The summed E-state index contributed by atoms with van der Waals surface area (Å²) in [6.45, 7) is 6.28. The first-order valence-corrected chi connectivity index (χ1v) is 6.46. The zero-order valence-corrected chi connectivity index (χ0v) is 11.8. The number of aromatic nitrogens is 2. The molecule has 0 fully saturated rings. The van der Waals surface area contributed by atoms with Crippen molar-refractivity contribution in [3.05, 3.63) is 51.2 Å². The van der Waals surface area contributed by atoms with Crippen LogP contribution >= 0.6 is 0 Å². The number of anilines is 1. The summed E-state index contributed by atoms with van der Waals surface area (Å²) < 4.78 is 1.47. The maximum absolute atomic E-state index is 10.9. The monoisotopic (exact) mass is 274 g/mol. The number of aryl methyl sites for hydroxylation is 1. The van der Waals surface area contributed by atoms with Gasteiger partial charge in [0.25, 0.3) is 0 Å². The van der Waals surface area contributed by atoms with Gasteiger partial charge in [-0.25, -0.2) is 4.68 Å². The summed E-state index contributed by atoms with van der Waals surface area (Å²) in [5.74, 6) is 0.572. The van der Waals surface area contributed by atoms with Gasteiger partial charge < -0.3 is 5.73 Å². The maximum Gasteiger partial charge on any atom is 0.333 e. The lowest BCUT2D eigenvalue weighted by Crippen LogP contribution is -2.06. The van der Waals surface area contributed by atoms with Gasteiger partial charge in [0.15, 0.2) is 0 Å². The van der Waals surface area contributed by atoms with Crippen molar-refractivity contribution in [3.8, 4) is 0 Å². The molecular weight excluding hydrogens is 256 g/mol. The third-order valence-electron chi connectivity index (χ3n) is 3.30. The van der Waals surface area contributed by atoms with E-state index in [9.17, 15) is 10.1 Å². The first kappa shape index (κ1) is 14.0. The molecule has 0 amide bonds. The second-order valence-corrected chi connectivity index (χ2v) is 5.13. The van der Waals surface area contributed by atoms with E-state index in [4.69, 9.17) is 5.73 Å². The van der Waals surface area contributed by atoms with Crippen LogP contribution in [0.5, 0.6) is 0 Å². The van der Waals surface area contributed by atoms with E-state index in [2.05, 4.69) is 31.1 Å². The Morgan fingerprint density at radius 1 is 1.35 bits per heavy atom. The second kappa shape index (κ2) is 5.32. The molecule has 2 rings (SSSR count). The molecule has 0 saturated carbocycles. The summed E-state index contributed by atoms with van der Waals surface area (Å²) in [6, 6.07) is 8.11. The van der Waals surface area contributed by atoms with E-state index in [1.807, 2.05) is 12.1 Å². The lowest BCUT2D eigenvalue weighted by molar-refractivity contribution is -0.384. The topological polar surface area (TPSA) is 87.0 Å². The summed E-state index contributed by atoms with van der Waals surface area (Å²) in [7, 11) is 0. The lowest BCUT2D eigenvalue weighted by atomic mass is 10.0. The average Bonchev–Trinajstić information content (AvgIpc) is 2.65. The molecule has 20 heavy (non-hydrogen) atoms. The number of benzene rings is 1. The van der Waals surface area contributed by atoms with Gasteiger partial charge in [0, 0.05) is 0 Å². The van der Waals surface area contributed by atoms with Gasteiger partial charge in [-0.1, -0.05) is 38.1 Å². The highest BCUT2D eigenvalue weighted by molar-refractivity contribution is 5.56. The highest BCUT2D eigenvalue weighted by Gasteiger charge is 2.22. The smallest absolute Gasteiger partial charge is 0.333 e. The molecule has 1 aromatic carbocycles. The fourth-order valence-corrected chi connectivity index (χ4v) is 2.12. The molecule has 0 bridgehead atoms. The molecule has 1 aromatic heterocycles. The fraction of sp³-hybridized carbons (Fsp3) is 0.357. The van der Waals surface area contributed by atoms with Crippen molar-refractivity contribution in [2.45, 2.75) is 33.2 Å². The van der Waals surface area contributed by atoms with E-state index >= 15 is 0 Å². The number of rotatable bonds is 4. The molecule has 6 nitrogen and oxygen atoms in total. The number of nitrogens with zero attached hydrogens (tertiary/aromatic N) is 3. The molecule has 2 aromatic rings. The minimum Gasteiger partial charge on any atom is -0.378 e. The largest absolute Gasteiger partial charge is 0.378 e.